The smallest absolute Gasteiger partial charge is 0.191 e. The number of benzene rings is 1. The SMILES string of the molecule is CCc1nncn1CCNC(=NC)NCCCN1CCN(c2cccc(Cl)c2)CC1. The zero-order valence-electron chi connectivity index (χ0n) is 18.0. The van der Waals surface area contributed by atoms with Crippen molar-refractivity contribution in [2.24, 2.45) is 4.99 Å². The molecule has 2 aromatic rings. The van der Waals surface area contributed by atoms with Crippen LogP contribution in [-0.2, 0) is 13.0 Å². The molecule has 0 aliphatic carbocycles. The van der Waals surface area contributed by atoms with Gasteiger partial charge in [-0.15, -0.1) is 10.2 Å². The van der Waals surface area contributed by atoms with Gasteiger partial charge in [-0.1, -0.05) is 24.6 Å². The normalized spacial score (nSPS) is 15.4. The van der Waals surface area contributed by atoms with Crippen LogP contribution in [0.4, 0.5) is 5.69 Å². The Labute approximate surface area is 184 Å². The van der Waals surface area contributed by atoms with Crippen molar-refractivity contribution >= 4 is 23.2 Å². The molecule has 164 valence electrons. The molecule has 0 bridgehead atoms. The van der Waals surface area contributed by atoms with E-state index in [0.29, 0.717) is 0 Å². The molecule has 2 heterocycles. The second kappa shape index (κ2) is 11.8. The summed E-state index contributed by atoms with van der Waals surface area (Å²) in [5.74, 6) is 1.85. The highest BCUT2D eigenvalue weighted by Crippen LogP contribution is 2.20. The highest BCUT2D eigenvalue weighted by molar-refractivity contribution is 6.30. The first-order chi connectivity index (χ1) is 14.7. The lowest BCUT2D eigenvalue weighted by Gasteiger charge is -2.36. The Bertz CT molecular complexity index is 798. The summed E-state index contributed by atoms with van der Waals surface area (Å²) in [5, 5.41) is 15.6. The maximum absolute atomic E-state index is 6.12. The van der Waals surface area contributed by atoms with Crippen LogP contribution in [0.5, 0.6) is 0 Å². The molecule has 3 rings (SSSR count). The Hall–Kier alpha value is -2.32. The van der Waals surface area contributed by atoms with Crippen molar-refractivity contribution in [3.8, 4) is 0 Å². The van der Waals surface area contributed by atoms with E-state index >= 15 is 0 Å². The molecule has 0 saturated carbocycles. The Balaban J connectivity index is 1.29. The minimum absolute atomic E-state index is 0.788. The summed E-state index contributed by atoms with van der Waals surface area (Å²) in [6.45, 7) is 9.95. The van der Waals surface area contributed by atoms with Gasteiger partial charge < -0.3 is 20.1 Å². The average molecular weight is 433 g/mol. The number of rotatable bonds is 9. The predicted molar refractivity (Wildman–Crippen MR) is 123 cm³/mol. The average Bonchev–Trinajstić information content (AvgIpc) is 3.23. The molecule has 9 heteroatoms. The van der Waals surface area contributed by atoms with Crippen LogP contribution in [0.1, 0.15) is 19.2 Å². The van der Waals surface area contributed by atoms with Crippen molar-refractivity contribution in [2.45, 2.75) is 26.3 Å². The summed E-state index contributed by atoms with van der Waals surface area (Å²) in [6.07, 6.45) is 3.76. The monoisotopic (exact) mass is 432 g/mol. The molecule has 2 N–H and O–H groups in total. The predicted octanol–water partition coefficient (Wildman–Crippen LogP) is 1.87. The van der Waals surface area contributed by atoms with Gasteiger partial charge in [0, 0.05) is 70.0 Å². The third-order valence-electron chi connectivity index (χ3n) is 5.37. The molecule has 1 aromatic carbocycles. The molecule has 1 fully saturated rings. The van der Waals surface area contributed by atoms with Gasteiger partial charge in [0.15, 0.2) is 5.96 Å². The zero-order chi connectivity index (χ0) is 21.2. The van der Waals surface area contributed by atoms with E-state index in [1.165, 1.54) is 5.69 Å². The van der Waals surface area contributed by atoms with Gasteiger partial charge in [0.2, 0.25) is 0 Å². The fourth-order valence-corrected chi connectivity index (χ4v) is 3.85. The molecular weight excluding hydrogens is 400 g/mol. The fraction of sp³-hybridized carbons (Fsp3) is 0.571. The zero-order valence-corrected chi connectivity index (χ0v) is 18.8. The van der Waals surface area contributed by atoms with Crippen molar-refractivity contribution in [3.05, 3.63) is 41.4 Å². The molecule has 1 saturated heterocycles. The highest BCUT2D eigenvalue weighted by atomic mass is 35.5. The Morgan fingerprint density at radius 3 is 2.67 bits per heavy atom. The second-order valence-corrected chi connectivity index (χ2v) is 7.82. The Morgan fingerprint density at radius 2 is 1.93 bits per heavy atom. The number of nitrogens with zero attached hydrogens (tertiary/aromatic N) is 6. The number of hydrogen-bond donors (Lipinski definition) is 2. The highest BCUT2D eigenvalue weighted by Gasteiger charge is 2.16. The van der Waals surface area contributed by atoms with E-state index in [1.807, 2.05) is 18.2 Å². The molecule has 30 heavy (non-hydrogen) atoms. The van der Waals surface area contributed by atoms with Crippen molar-refractivity contribution in [2.75, 3.05) is 57.8 Å². The summed E-state index contributed by atoms with van der Waals surface area (Å²) < 4.78 is 2.07. The van der Waals surface area contributed by atoms with Crippen LogP contribution in [0.2, 0.25) is 5.02 Å². The van der Waals surface area contributed by atoms with Gasteiger partial charge in [-0.25, -0.2) is 0 Å². The standard InChI is InChI=1S/C21H33ClN8/c1-3-20-27-26-17-30(20)11-9-25-21(23-2)24-8-5-10-28-12-14-29(15-13-28)19-7-4-6-18(22)16-19/h4,6-7,16-17H,3,5,8-15H2,1-2H3,(H2,23,24,25). The van der Waals surface area contributed by atoms with Gasteiger partial charge in [-0.3, -0.25) is 9.89 Å². The van der Waals surface area contributed by atoms with Crippen molar-refractivity contribution in [1.29, 1.82) is 0 Å². The number of aryl methyl sites for hydroxylation is 1. The number of guanidine groups is 1. The third kappa shape index (κ3) is 6.60. The molecule has 1 aliphatic rings. The minimum Gasteiger partial charge on any atom is -0.369 e. The van der Waals surface area contributed by atoms with Crippen LogP contribution in [-0.4, -0.2) is 78.5 Å². The number of aliphatic imine (C=N–C) groups is 1. The third-order valence-corrected chi connectivity index (χ3v) is 5.61. The van der Waals surface area contributed by atoms with Crippen LogP contribution in [0.25, 0.3) is 0 Å². The van der Waals surface area contributed by atoms with Crippen LogP contribution in [0.15, 0.2) is 35.6 Å². The van der Waals surface area contributed by atoms with Gasteiger partial charge in [-0.05, 0) is 31.2 Å². The molecular formula is C21H33ClN8. The van der Waals surface area contributed by atoms with Crippen LogP contribution in [0.3, 0.4) is 0 Å². The van der Waals surface area contributed by atoms with Crippen molar-refractivity contribution in [3.63, 3.8) is 0 Å². The summed E-state index contributed by atoms with van der Waals surface area (Å²) in [5.41, 5.74) is 1.22. The fourth-order valence-electron chi connectivity index (χ4n) is 3.67. The van der Waals surface area contributed by atoms with Crippen LogP contribution >= 0.6 is 11.6 Å². The number of hydrogen-bond acceptors (Lipinski definition) is 5. The molecule has 8 nitrogen and oxygen atoms in total. The summed E-state index contributed by atoms with van der Waals surface area (Å²) in [4.78, 5) is 9.24. The Morgan fingerprint density at radius 1 is 1.13 bits per heavy atom. The van der Waals surface area contributed by atoms with Crippen LogP contribution < -0.4 is 15.5 Å². The van der Waals surface area contributed by atoms with E-state index in [1.54, 1.807) is 13.4 Å². The van der Waals surface area contributed by atoms with Crippen LogP contribution in [0, 0.1) is 0 Å². The molecule has 1 aliphatic heterocycles. The molecule has 0 unspecified atom stereocenters. The lowest BCUT2D eigenvalue weighted by atomic mass is 10.2. The van der Waals surface area contributed by atoms with Gasteiger partial charge in [0.1, 0.15) is 12.2 Å². The van der Waals surface area contributed by atoms with Gasteiger partial charge in [0.05, 0.1) is 0 Å². The quantitative estimate of drug-likeness (QED) is 0.358. The molecule has 0 radical (unpaired) electrons. The summed E-state index contributed by atoms with van der Waals surface area (Å²) >= 11 is 6.12. The second-order valence-electron chi connectivity index (χ2n) is 7.38. The topological polar surface area (TPSA) is 73.6 Å². The lowest BCUT2D eigenvalue weighted by Crippen LogP contribution is -2.47. The van der Waals surface area contributed by atoms with Gasteiger partial charge >= 0.3 is 0 Å². The number of anilines is 1. The van der Waals surface area contributed by atoms with Crippen molar-refractivity contribution < 1.29 is 0 Å². The Kier molecular flexibility index (Phi) is 8.77. The number of nitrogens with one attached hydrogen (secondary N) is 2. The lowest BCUT2D eigenvalue weighted by molar-refractivity contribution is 0.255. The largest absolute Gasteiger partial charge is 0.369 e. The maximum Gasteiger partial charge on any atom is 0.191 e. The van der Waals surface area contributed by atoms with Gasteiger partial charge in [0.25, 0.3) is 0 Å². The number of piperazine rings is 1. The molecule has 0 amide bonds. The number of aromatic nitrogens is 3. The maximum atomic E-state index is 6.12. The van der Waals surface area contributed by atoms with E-state index in [-0.39, 0.29) is 0 Å². The first-order valence-electron chi connectivity index (χ1n) is 10.7. The van der Waals surface area contributed by atoms with Gasteiger partial charge in [-0.2, -0.15) is 0 Å². The number of halogens is 1. The summed E-state index contributed by atoms with van der Waals surface area (Å²) in [6, 6.07) is 8.13. The minimum atomic E-state index is 0.788. The van der Waals surface area contributed by atoms with E-state index in [0.717, 1.165) is 82.0 Å². The van der Waals surface area contributed by atoms with E-state index in [9.17, 15) is 0 Å². The molecule has 1 aromatic heterocycles. The molecule has 0 atom stereocenters. The van der Waals surface area contributed by atoms with Crippen molar-refractivity contribution in [1.82, 2.24) is 30.3 Å². The summed E-state index contributed by atoms with van der Waals surface area (Å²) in [7, 11) is 1.81. The molecule has 0 spiro atoms. The van der Waals surface area contributed by atoms with E-state index in [2.05, 4.69) is 53.2 Å². The van der Waals surface area contributed by atoms with E-state index < -0.39 is 0 Å². The van der Waals surface area contributed by atoms with E-state index in [4.69, 9.17) is 11.6 Å². The first-order valence-corrected chi connectivity index (χ1v) is 11.1. The first kappa shape index (κ1) is 22.4.